The maximum Gasteiger partial charge on any atom is 0.239 e. The van der Waals surface area contributed by atoms with Gasteiger partial charge in [-0.1, -0.05) is 40.8 Å². The maximum absolute atomic E-state index is 12.0. The highest BCUT2D eigenvalue weighted by Gasteiger charge is 2.26. The van der Waals surface area contributed by atoms with Gasteiger partial charge in [0.2, 0.25) is 16.9 Å². The second kappa shape index (κ2) is 7.29. The quantitative estimate of drug-likeness (QED) is 0.817. The number of thioether (sulfide) groups is 1. The summed E-state index contributed by atoms with van der Waals surface area (Å²) in [4.78, 5) is 24.8. The summed E-state index contributed by atoms with van der Waals surface area (Å²) >= 11 is 8.57. The Morgan fingerprint density at radius 2 is 2.30 bits per heavy atom. The fourth-order valence-corrected chi connectivity index (χ4v) is 3.96. The van der Waals surface area contributed by atoms with Crippen molar-refractivity contribution in [2.45, 2.75) is 17.2 Å². The molecule has 1 aliphatic rings. The number of likely N-dealkylation sites (tertiary alicyclic amines) is 1. The van der Waals surface area contributed by atoms with E-state index in [1.807, 2.05) is 12.1 Å². The number of hydrogen-bond acceptors (Lipinski definition) is 7. The third-order valence-corrected chi connectivity index (χ3v) is 5.37. The molecular weight excluding hydrogens is 356 g/mol. The molecule has 0 saturated carbocycles. The number of halogens is 1. The number of rotatable bonds is 5. The van der Waals surface area contributed by atoms with Gasteiger partial charge in [0, 0.05) is 23.7 Å². The van der Waals surface area contributed by atoms with Crippen molar-refractivity contribution in [1.29, 1.82) is 0 Å². The van der Waals surface area contributed by atoms with Gasteiger partial charge in [-0.2, -0.15) is 0 Å². The van der Waals surface area contributed by atoms with Crippen LogP contribution in [0.2, 0.25) is 5.02 Å². The fourth-order valence-electron chi connectivity index (χ4n) is 2.12. The number of carbonyl (C=O) groups is 2. The Bertz CT molecular complexity index is 737. The monoisotopic (exact) mass is 368 g/mol. The van der Waals surface area contributed by atoms with Crippen molar-refractivity contribution in [3.63, 3.8) is 0 Å². The van der Waals surface area contributed by atoms with E-state index in [1.54, 1.807) is 12.1 Å². The van der Waals surface area contributed by atoms with E-state index in [9.17, 15) is 9.59 Å². The lowest BCUT2D eigenvalue weighted by Crippen LogP contribution is -2.33. The number of nitrogens with one attached hydrogen (secondary N) is 1. The number of hydrogen-bond donors (Lipinski definition) is 1. The first-order chi connectivity index (χ1) is 11.1. The first-order valence-corrected chi connectivity index (χ1v) is 9.12. The van der Waals surface area contributed by atoms with Crippen LogP contribution in [0, 0.1) is 0 Å². The summed E-state index contributed by atoms with van der Waals surface area (Å²) in [5.41, 5.74) is 0.823. The highest BCUT2D eigenvalue weighted by molar-refractivity contribution is 8.01. The lowest BCUT2D eigenvalue weighted by molar-refractivity contribution is -0.140. The largest absolute Gasteiger partial charge is 0.330 e. The van der Waals surface area contributed by atoms with Crippen molar-refractivity contribution < 1.29 is 9.59 Å². The van der Waals surface area contributed by atoms with Crippen LogP contribution < -0.4 is 5.32 Å². The van der Waals surface area contributed by atoms with Crippen LogP contribution in [0.1, 0.15) is 12.8 Å². The van der Waals surface area contributed by atoms with Gasteiger partial charge in [-0.15, -0.1) is 10.2 Å². The number of benzene rings is 1. The number of aromatic nitrogens is 2. The standard InChI is InChI=1S/C14H13ClN4O2S2/c15-9-3-1-4-10(7-9)16-13-17-18-14(23-13)22-8-12(21)19-6-2-5-11(19)20/h1,3-4,7H,2,5-6,8H2,(H,16,17). The third-order valence-electron chi connectivity index (χ3n) is 3.18. The minimum atomic E-state index is -0.169. The van der Waals surface area contributed by atoms with Crippen molar-refractivity contribution in [2.24, 2.45) is 0 Å². The van der Waals surface area contributed by atoms with Gasteiger partial charge in [0.05, 0.1) is 5.75 Å². The van der Waals surface area contributed by atoms with Crippen LogP contribution >= 0.6 is 34.7 Å². The lowest BCUT2D eigenvalue weighted by Gasteiger charge is -2.11. The van der Waals surface area contributed by atoms with E-state index in [2.05, 4.69) is 15.5 Å². The van der Waals surface area contributed by atoms with Crippen molar-refractivity contribution in [3.05, 3.63) is 29.3 Å². The number of amides is 2. The van der Waals surface area contributed by atoms with E-state index in [0.29, 0.717) is 27.5 Å². The summed E-state index contributed by atoms with van der Waals surface area (Å²) in [6, 6.07) is 7.30. The molecule has 1 fully saturated rings. The molecule has 23 heavy (non-hydrogen) atoms. The molecule has 0 unspecified atom stereocenters. The highest BCUT2D eigenvalue weighted by Crippen LogP contribution is 2.28. The molecule has 0 atom stereocenters. The lowest BCUT2D eigenvalue weighted by atomic mass is 10.3. The fraction of sp³-hybridized carbons (Fsp3) is 0.286. The Labute approximate surface area is 146 Å². The van der Waals surface area contributed by atoms with Crippen LogP contribution in [0.3, 0.4) is 0 Å². The van der Waals surface area contributed by atoms with E-state index < -0.39 is 0 Å². The van der Waals surface area contributed by atoms with Crippen molar-refractivity contribution in [3.8, 4) is 0 Å². The molecule has 1 aromatic carbocycles. The van der Waals surface area contributed by atoms with E-state index in [1.165, 1.54) is 28.0 Å². The number of nitrogens with zero attached hydrogens (tertiary/aromatic N) is 3. The molecule has 2 aromatic rings. The Kier molecular flexibility index (Phi) is 5.14. The summed E-state index contributed by atoms with van der Waals surface area (Å²) in [7, 11) is 0. The second-order valence-electron chi connectivity index (χ2n) is 4.84. The zero-order chi connectivity index (χ0) is 16.2. The van der Waals surface area contributed by atoms with Crippen LogP contribution in [0.4, 0.5) is 10.8 Å². The molecule has 0 bridgehead atoms. The average Bonchev–Trinajstić information content (AvgIpc) is 3.14. The first kappa shape index (κ1) is 16.2. The maximum atomic E-state index is 12.0. The first-order valence-electron chi connectivity index (χ1n) is 6.94. The topological polar surface area (TPSA) is 75.2 Å². The van der Waals surface area contributed by atoms with Crippen LogP contribution in [0.25, 0.3) is 0 Å². The van der Waals surface area contributed by atoms with Gasteiger partial charge < -0.3 is 5.32 Å². The summed E-state index contributed by atoms with van der Waals surface area (Å²) in [5, 5.41) is 12.4. The number of imide groups is 1. The smallest absolute Gasteiger partial charge is 0.239 e. The zero-order valence-corrected chi connectivity index (χ0v) is 14.4. The van der Waals surface area contributed by atoms with Crippen molar-refractivity contribution in [2.75, 3.05) is 17.6 Å². The summed E-state index contributed by atoms with van der Waals surface area (Å²) in [5.74, 6) is -0.0643. The molecule has 3 rings (SSSR count). The third kappa shape index (κ3) is 4.21. The Morgan fingerprint density at radius 1 is 1.43 bits per heavy atom. The predicted molar refractivity (Wildman–Crippen MR) is 91.3 cm³/mol. The summed E-state index contributed by atoms with van der Waals surface area (Å²) < 4.78 is 0.675. The van der Waals surface area contributed by atoms with Gasteiger partial charge in [0.25, 0.3) is 0 Å². The molecule has 0 spiro atoms. The van der Waals surface area contributed by atoms with Crippen molar-refractivity contribution in [1.82, 2.24) is 15.1 Å². The molecule has 1 aromatic heterocycles. The Hall–Kier alpha value is -1.64. The van der Waals surface area contributed by atoms with E-state index in [-0.39, 0.29) is 17.6 Å². The molecule has 1 saturated heterocycles. The molecule has 0 aliphatic carbocycles. The minimum Gasteiger partial charge on any atom is -0.330 e. The molecule has 2 amide bonds. The molecular formula is C14H13ClN4O2S2. The molecule has 1 N–H and O–H groups in total. The van der Waals surface area contributed by atoms with Crippen molar-refractivity contribution >= 4 is 57.3 Å². The second-order valence-corrected chi connectivity index (χ2v) is 7.48. The highest BCUT2D eigenvalue weighted by atomic mass is 35.5. The normalized spacial score (nSPS) is 14.3. The van der Waals surface area contributed by atoms with Gasteiger partial charge in [-0.25, -0.2) is 0 Å². The molecule has 0 radical (unpaired) electrons. The van der Waals surface area contributed by atoms with Gasteiger partial charge in [-0.3, -0.25) is 14.5 Å². The van der Waals surface area contributed by atoms with Gasteiger partial charge in [-0.05, 0) is 24.6 Å². The minimum absolute atomic E-state index is 0.0869. The summed E-state index contributed by atoms with van der Waals surface area (Å²) in [6.07, 6.45) is 1.21. The predicted octanol–water partition coefficient (Wildman–Crippen LogP) is 3.18. The van der Waals surface area contributed by atoms with Gasteiger partial charge in [0.1, 0.15) is 0 Å². The molecule has 1 aliphatic heterocycles. The SMILES string of the molecule is O=C1CCCN1C(=O)CSc1nnc(Nc2cccc(Cl)c2)s1. The van der Waals surface area contributed by atoms with Crippen LogP contribution in [0.15, 0.2) is 28.6 Å². The van der Waals surface area contributed by atoms with Gasteiger partial charge in [0.15, 0.2) is 4.34 Å². The van der Waals surface area contributed by atoms with E-state index in [4.69, 9.17) is 11.6 Å². The number of anilines is 2. The average molecular weight is 369 g/mol. The summed E-state index contributed by atoms with van der Waals surface area (Å²) in [6.45, 7) is 0.524. The molecule has 2 heterocycles. The van der Waals surface area contributed by atoms with Crippen LogP contribution in [0.5, 0.6) is 0 Å². The van der Waals surface area contributed by atoms with Crippen LogP contribution in [-0.2, 0) is 9.59 Å². The molecule has 6 nitrogen and oxygen atoms in total. The van der Waals surface area contributed by atoms with E-state index >= 15 is 0 Å². The Morgan fingerprint density at radius 3 is 3.04 bits per heavy atom. The zero-order valence-electron chi connectivity index (χ0n) is 12.0. The van der Waals surface area contributed by atoms with Crippen LogP contribution in [-0.4, -0.2) is 39.2 Å². The number of carbonyl (C=O) groups excluding carboxylic acids is 2. The van der Waals surface area contributed by atoms with E-state index in [0.717, 1.165) is 12.1 Å². The Balaban J connectivity index is 1.55. The molecule has 120 valence electrons. The molecule has 9 heteroatoms. The van der Waals surface area contributed by atoms with Gasteiger partial charge >= 0.3 is 0 Å².